The maximum atomic E-state index is 14.1. The first kappa shape index (κ1) is 15.9. The molecule has 0 aliphatic carbocycles. The minimum Gasteiger partial charge on any atom is -0.310 e. The molecule has 2 aromatic carbocycles. The van der Waals surface area contributed by atoms with Crippen molar-refractivity contribution in [1.82, 2.24) is 5.32 Å². The van der Waals surface area contributed by atoms with Gasteiger partial charge >= 0.3 is 0 Å². The lowest BCUT2D eigenvalue weighted by atomic mass is 9.97. The number of likely N-dealkylation sites (N-methyl/N-ethyl adjacent to an activating group) is 1. The topological polar surface area (TPSA) is 12.0 Å². The largest absolute Gasteiger partial charge is 0.310 e. The zero-order valence-corrected chi connectivity index (χ0v) is 12.8. The van der Waals surface area contributed by atoms with Crippen LogP contribution < -0.4 is 5.32 Å². The van der Waals surface area contributed by atoms with Crippen LogP contribution in [0.15, 0.2) is 36.4 Å². The Kier molecular flexibility index (Phi) is 5.32. The Morgan fingerprint density at radius 2 is 1.81 bits per heavy atom. The predicted molar refractivity (Wildman–Crippen MR) is 82.7 cm³/mol. The van der Waals surface area contributed by atoms with E-state index in [1.807, 2.05) is 19.9 Å². The van der Waals surface area contributed by atoms with Crippen LogP contribution in [0.1, 0.15) is 29.7 Å². The Hall–Kier alpha value is -1.45. The summed E-state index contributed by atoms with van der Waals surface area (Å²) < 4.78 is 27.3. The molecule has 0 aliphatic heterocycles. The van der Waals surface area contributed by atoms with Gasteiger partial charge < -0.3 is 5.32 Å². The van der Waals surface area contributed by atoms with Crippen molar-refractivity contribution >= 4 is 11.6 Å². The van der Waals surface area contributed by atoms with E-state index >= 15 is 0 Å². The summed E-state index contributed by atoms with van der Waals surface area (Å²) in [6, 6.07) is 9.51. The van der Waals surface area contributed by atoms with Gasteiger partial charge in [-0.1, -0.05) is 42.3 Å². The van der Waals surface area contributed by atoms with Crippen LogP contribution in [0.5, 0.6) is 0 Å². The smallest absolute Gasteiger partial charge is 0.141 e. The maximum absolute atomic E-state index is 14.1. The van der Waals surface area contributed by atoms with E-state index in [1.54, 1.807) is 18.2 Å². The summed E-state index contributed by atoms with van der Waals surface area (Å²) in [7, 11) is 0. The highest BCUT2D eigenvalue weighted by atomic mass is 35.5. The number of hydrogen-bond acceptors (Lipinski definition) is 1. The molecule has 2 rings (SSSR count). The van der Waals surface area contributed by atoms with E-state index in [-0.39, 0.29) is 16.9 Å². The summed E-state index contributed by atoms with van der Waals surface area (Å²) in [5, 5.41) is 3.36. The first-order valence-corrected chi connectivity index (χ1v) is 7.32. The molecule has 0 saturated heterocycles. The Bertz CT molecular complexity index is 628. The minimum atomic E-state index is -0.442. The number of halogens is 3. The van der Waals surface area contributed by atoms with Crippen LogP contribution in [-0.4, -0.2) is 6.54 Å². The highest BCUT2D eigenvalue weighted by Crippen LogP contribution is 2.24. The van der Waals surface area contributed by atoms with Crippen LogP contribution in [0, 0.1) is 18.6 Å². The van der Waals surface area contributed by atoms with Crippen molar-refractivity contribution < 1.29 is 8.78 Å². The summed E-state index contributed by atoms with van der Waals surface area (Å²) in [4.78, 5) is 0. The molecular formula is C17H18ClF2N. The molecule has 21 heavy (non-hydrogen) atoms. The summed E-state index contributed by atoms with van der Waals surface area (Å²) in [6.45, 7) is 4.62. The van der Waals surface area contributed by atoms with Crippen LogP contribution in [0.3, 0.4) is 0 Å². The summed E-state index contributed by atoms with van der Waals surface area (Å²) in [5.41, 5.74) is 2.50. The third-order valence-electron chi connectivity index (χ3n) is 3.40. The van der Waals surface area contributed by atoms with E-state index < -0.39 is 5.82 Å². The van der Waals surface area contributed by atoms with Crippen molar-refractivity contribution in [2.75, 3.05) is 6.54 Å². The molecule has 0 saturated carbocycles. The molecule has 0 bridgehead atoms. The predicted octanol–water partition coefficient (Wildman–Crippen LogP) is 4.82. The van der Waals surface area contributed by atoms with Crippen molar-refractivity contribution in [3.8, 4) is 0 Å². The van der Waals surface area contributed by atoms with Crippen LogP contribution >= 0.6 is 11.6 Å². The van der Waals surface area contributed by atoms with Gasteiger partial charge in [-0.25, -0.2) is 8.78 Å². The van der Waals surface area contributed by atoms with Crippen LogP contribution in [0.4, 0.5) is 8.78 Å². The zero-order valence-electron chi connectivity index (χ0n) is 12.1. The van der Waals surface area contributed by atoms with Gasteiger partial charge in [-0.2, -0.15) is 0 Å². The number of hydrogen-bond donors (Lipinski definition) is 1. The molecule has 2 aromatic rings. The molecule has 112 valence electrons. The van der Waals surface area contributed by atoms with Crippen molar-refractivity contribution in [3.63, 3.8) is 0 Å². The van der Waals surface area contributed by atoms with E-state index in [2.05, 4.69) is 5.32 Å². The molecular weight excluding hydrogens is 292 g/mol. The summed E-state index contributed by atoms with van der Waals surface area (Å²) in [6.07, 6.45) is 0.550. The monoisotopic (exact) mass is 309 g/mol. The molecule has 0 radical (unpaired) electrons. The number of nitrogens with one attached hydrogen (secondary N) is 1. The van der Waals surface area contributed by atoms with E-state index in [0.717, 1.165) is 11.1 Å². The third kappa shape index (κ3) is 4.02. The normalized spacial score (nSPS) is 12.4. The Morgan fingerprint density at radius 1 is 1.10 bits per heavy atom. The molecule has 0 aromatic heterocycles. The quantitative estimate of drug-likeness (QED) is 0.835. The number of rotatable bonds is 5. The van der Waals surface area contributed by atoms with E-state index in [1.165, 1.54) is 12.1 Å². The second kappa shape index (κ2) is 7.01. The molecule has 0 spiro atoms. The first-order valence-electron chi connectivity index (χ1n) is 6.94. The maximum Gasteiger partial charge on any atom is 0.141 e. The van der Waals surface area contributed by atoms with Crippen LogP contribution in [-0.2, 0) is 6.42 Å². The fraction of sp³-hybridized carbons (Fsp3) is 0.294. The van der Waals surface area contributed by atoms with Gasteiger partial charge in [0.1, 0.15) is 11.6 Å². The SMILES string of the molecule is CCNC(Cc1ccc(F)c(Cl)c1)c1cc(C)ccc1F. The molecule has 1 N–H and O–H groups in total. The highest BCUT2D eigenvalue weighted by Gasteiger charge is 2.16. The lowest BCUT2D eigenvalue weighted by molar-refractivity contribution is 0.509. The molecule has 1 atom stereocenters. The van der Waals surface area contributed by atoms with Gasteiger partial charge in [0.2, 0.25) is 0 Å². The van der Waals surface area contributed by atoms with Gasteiger partial charge in [-0.3, -0.25) is 0 Å². The molecule has 4 heteroatoms. The minimum absolute atomic E-state index is 0.0902. The highest BCUT2D eigenvalue weighted by molar-refractivity contribution is 6.30. The van der Waals surface area contributed by atoms with E-state index in [9.17, 15) is 8.78 Å². The zero-order chi connectivity index (χ0) is 15.4. The Labute approximate surface area is 128 Å². The lowest BCUT2D eigenvalue weighted by Gasteiger charge is -2.20. The van der Waals surface area contributed by atoms with Gasteiger partial charge in [0.15, 0.2) is 0 Å². The average molecular weight is 310 g/mol. The second-order valence-corrected chi connectivity index (χ2v) is 5.50. The van der Waals surface area contributed by atoms with Gasteiger partial charge in [0.25, 0.3) is 0 Å². The van der Waals surface area contributed by atoms with Crippen molar-refractivity contribution in [1.29, 1.82) is 0 Å². The number of aryl methyl sites for hydroxylation is 1. The molecule has 0 aliphatic rings. The Balaban J connectivity index is 2.30. The van der Waals surface area contributed by atoms with Crippen LogP contribution in [0.25, 0.3) is 0 Å². The molecule has 0 fully saturated rings. The van der Waals surface area contributed by atoms with E-state index in [4.69, 9.17) is 11.6 Å². The molecule has 1 nitrogen and oxygen atoms in total. The first-order chi connectivity index (χ1) is 10.0. The fourth-order valence-electron chi connectivity index (χ4n) is 2.37. The van der Waals surface area contributed by atoms with Gasteiger partial charge in [-0.05, 0) is 43.7 Å². The van der Waals surface area contributed by atoms with Gasteiger partial charge in [0, 0.05) is 11.6 Å². The average Bonchev–Trinajstić information content (AvgIpc) is 2.45. The Morgan fingerprint density at radius 3 is 2.48 bits per heavy atom. The summed E-state index contributed by atoms with van der Waals surface area (Å²) >= 11 is 5.81. The number of benzene rings is 2. The molecule has 0 heterocycles. The standard InChI is InChI=1S/C17H18ClF2N/c1-3-21-17(13-8-11(2)4-6-15(13)19)10-12-5-7-16(20)14(18)9-12/h4-9,17,21H,3,10H2,1-2H3. The fourth-order valence-corrected chi connectivity index (χ4v) is 2.57. The third-order valence-corrected chi connectivity index (χ3v) is 3.69. The van der Waals surface area contributed by atoms with Crippen molar-refractivity contribution in [2.45, 2.75) is 26.3 Å². The van der Waals surface area contributed by atoms with E-state index in [0.29, 0.717) is 18.5 Å². The molecule has 1 unspecified atom stereocenters. The van der Waals surface area contributed by atoms with Crippen molar-refractivity contribution in [3.05, 3.63) is 69.7 Å². The van der Waals surface area contributed by atoms with Crippen molar-refractivity contribution in [2.24, 2.45) is 0 Å². The second-order valence-electron chi connectivity index (χ2n) is 5.09. The lowest BCUT2D eigenvalue weighted by Crippen LogP contribution is -2.24. The van der Waals surface area contributed by atoms with Gasteiger partial charge in [0.05, 0.1) is 5.02 Å². The van der Waals surface area contributed by atoms with Gasteiger partial charge in [-0.15, -0.1) is 0 Å². The van der Waals surface area contributed by atoms with Crippen LogP contribution in [0.2, 0.25) is 5.02 Å². The summed E-state index contributed by atoms with van der Waals surface area (Å²) in [5.74, 6) is -0.679. The molecule has 0 amide bonds.